The molecule has 6 heterocycles. The summed E-state index contributed by atoms with van der Waals surface area (Å²) in [6.45, 7) is 7.60. The van der Waals surface area contributed by atoms with Gasteiger partial charge in [-0.05, 0) is 68.0 Å². The van der Waals surface area contributed by atoms with Crippen molar-refractivity contribution in [3.63, 3.8) is 0 Å². The van der Waals surface area contributed by atoms with E-state index >= 15 is 0 Å². The number of aryl methyl sites for hydroxylation is 1. The Bertz CT molecular complexity index is 3150. The highest BCUT2D eigenvalue weighted by Crippen LogP contribution is 2.39. The minimum absolute atomic E-state index is 0.108. The van der Waals surface area contributed by atoms with Crippen molar-refractivity contribution in [1.29, 1.82) is 0 Å². The van der Waals surface area contributed by atoms with Gasteiger partial charge in [-0.25, -0.2) is 13.4 Å². The molecule has 0 aliphatic carbocycles. The summed E-state index contributed by atoms with van der Waals surface area (Å²) in [6, 6.07) is 12.1. The third kappa shape index (κ3) is 13.1. The second kappa shape index (κ2) is 24.3. The third-order valence-electron chi connectivity index (χ3n) is 14.1. The number of hydrogen-bond acceptors (Lipinski definition) is 18. The molecule has 5 N–H and O–H groups in total. The summed E-state index contributed by atoms with van der Waals surface area (Å²) >= 11 is 6.57. The fourth-order valence-corrected chi connectivity index (χ4v) is 10.9. The molecule has 5 amide bonds. The number of amides is 5. The Morgan fingerprint density at radius 1 is 0.909 bits per heavy atom. The molecule has 0 saturated carbocycles. The Morgan fingerprint density at radius 2 is 1.70 bits per heavy atom. The largest absolute Gasteiger partial charge is 0.494 e. The first kappa shape index (κ1) is 54.4. The van der Waals surface area contributed by atoms with Gasteiger partial charge in [0.2, 0.25) is 33.7 Å². The average molecular weight is 1100 g/mol. The van der Waals surface area contributed by atoms with Gasteiger partial charge >= 0.3 is 0 Å². The maximum absolute atomic E-state index is 13.2. The van der Waals surface area contributed by atoms with Crippen molar-refractivity contribution in [2.75, 3.05) is 99.3 Å². The summed E-state index contributed by atoms with van der Waals surface area (Å²) < 4.78 is 44.6. The second-order valence-electron chi connectivity index (χ2n) is 19.1. The number of ether oxygens (including phenoxy) is 3. The number of piperidine rings is 2. The van der Waals surface area contributed by atoms with Crippen LogP contribution in [-0.2, 0) is 46.9 Å². The zero-order chi connectivity index (χ0) is 54.2. The van der Waals surface area contributed by atoms with Crippen LogP contribution < -0.4 is 40.4 Å². The van der Waals surface area contributed by atoms with Crippen LogP contribution in [0.5, 0.6) is 11.5 Å². The molecule has 3 fully saturated rings. The van der Waals surface area contributed by atoms with E-state index in [1.54, 1.807) is 37.4 Å². The summed E-state index contributed by atoms with van der Waals surface area (Å²) in [5, 5.41) is 11.7. The molecular weight excluding hydrogens is 1030 g/mol. The van der Waals surface area contributed by atoms with Gasteiger partial charge in [0.15, 0.2) is 12.4 Å². The van der Waals surface area contributed by atoms with Gasteiger partial charge in [-0.15, -0.1) is 0 Å². The van der Waals surface area contributed by atoms with Crippen molar-refractivity contribution in [2.45, 2.75) is 70.5 Å². The number of nitrogens with zero attached hydrogens (tertiary/aromatic N) is 8. The van der Waals surface area contributed by atoms with Gasteiger partial charge in [-0.3, -0.25) is 48.9 Å². The minimum atomic E-state index is -3.69. The number of methoxy groups -OCH3 is 1. The molecule has 0 bridgehead atoms. The quantitative estimate of drug-likeness (QED) is 0.0504. The number of sulfonamides is 1. The molecule has 25 heteroatoms. The minimum Gasteiger partial charge on any atom is -0.494 e. The molecule has 77 heavy (non-hydrogen) atoms. The van der Waals surface area contributed by atoms with Crippen LogP contribution in [0.3, 0.4) is 0 Å². The lowest BCUT2D eigenvalue weighted by molar-refractivity contribution is -0.137. The standard InChI is InChI=1S/C52H62ClN13O10S/c1-4-32-27-39(59-52-57-29-36(53)49(61-52)58-38-11-10-37-47(56-17-16-54-37)48(38)62-77(3,72)73)43(74-2)28-41(32)64-19-14-33(15-20-64)63-21-23-65(24-22-63)46(69)9-6-25-75-26-18-55-45(68)31-76-42-8-5-7-34-35(42)30-66(51(34)71)40-12-13-44(67)60-50(40)70/h5,7-8,10-11,16-17,27-29,33,40,62H,4,6,9,12-15,18-26,30-31H2,1-3H3,(H,55,68)(H,60,67,70)(H2,57,58,59,61). The normalized spacial score (nSPS) is 17.3. The van der Waals surface area contributed by atoms with E-state index in [0.717, 1.165) is 62.9 Å². The Morgan fingerprint density at radius 3 is 2.45 bits per heavy atom. The van der Waals surface area contributed by atoms with E-state index in [1.165, 1.54) is 23.5 Å². The lowest BCUT2D eigenvalue weighted by atomic mass is 9.99. The van der Waals surface area contributed by atoms with Gasteiger partial charge in [0.25, 0.3) is 11.8 Å². The zero-order valence-corrected chi connectivity index (χ0v) is 44.7. The van der Waals surface area contributed by atoms with Gasteiger partial charge in [-0.2, -0.15) is 4.98 Å². The van der Waals surface area contributed by atoms with Crippen LogP contribution in [0, 0.1) is 0 Å². The molecular formula is C52H62ClN13O10S. The number of carbonyl (C=O) groups excluding carboxylic acids is 5. The maximum atomic E-state index is 13.2. The highest BCUT2D eigenvalue weighted by molar-refractivity contribution is 7.92. The molecule has 408 valence electrons. The summed E-state index contributed by atoms with van der Waals surface area (Å²) in [6.07, 6.45) is 9.59. The topological polar surface area (TPSA) is 272 Å². The molecule has 1 unspecified atom stereocenters. The van der Waals surface area contributed by atoms with E-state index < -0.39 is 22.0 Å². The molecule has 9 rings (SSSR count). The van der Waals surface area contributed by atoms with E-state index in [4.69, 9.17) is 25.8 Å². The predicted octanol–water partition coefficient (Wildman–Crippen LogP) is 4.37. The first-order chi connectivity index (χ1) is 37.2. The van der Waals surface area contributed by atoms with E-state index in [-0.39, 0.29) is 85.2 Å². The molecule has 4 aliphatic rings. The molecule has 1 atom stereocenters. The van der Waals surface area contributed by atoms with E-state index in [0.29, 0.717) is 83.6 Å². The third-order valence-corrected chi connectivity index (χ3v) is 14.9. The molecule has 4 aliphatic heterocycles. The lowest BCUT2D eigenvalue weighted by Crippen LogP contribution is -2.54. The number of aromatic nitrogens is 4. The first-order valence-electron chi connectivity index (χ1n) is 25.7. The lowest BCUT2D eigenvalue weighted by Gasteiger charge is -2.43. The van der Waals surface area contributed by atoms with Crippen LogP contribution in [0.4, 0.5) is 34.5 Å². The highest BCUT2D eigenvalue weighted by Gasteiger charge is 2.40. The second-order valence-corrected chi connectivity index (χ2v) is 21.3. The Hall–Kier alpha value is -7.41. The molecule has 2 aromatic heterocycles. The number of halogens is 1. The summed E-state index contributed by atoms with van der Waals surface area (Å²) in [5.74, 6) is 0.0303. The Balaban J connectivity index is 0.682. The van der Waals surface area contributed by atoms with Gasteiger partial charge in [-0.1, -0.05) is 24.6 Å². The van der Waals surface area contributed by atoms with Gasteiger partial charge < -0.3 is 44.9 Å². The highest BCUT2D eigenvalue weighted by atomic mass is 35.5. The number of rotatable bonds is 21. The van der Waals surface area contributed by atoms with Crippen LogP contribution >= 0.6 is 11.6 Å². The van der Waals surface area contributed by atoms with Gasteiger partial charge in [0, 0.05) is 107 Å². The van der Waals surface area contributed by atoms with Crippen LogP contribution in [0.15, 0.2) is 61.1 Å². The van der Waals surface area contributed by atoms with Crippen LogP contribution in [0.2, 0.25) is 5.02 Å². The number of carbonyl (C=O) groups is 5. The van der Waals surface area contributed by atoms with Gasteiger partial charge in [0.1, 0.15) is 28.1 Å². The number of benzene rings is 3. The average Bonchev–Trinajstić information content (AvgIpc) is 3.77. The molecule has 3 aromatic carbocycles. The van der Waals surface area contributed by atoms with Crippen molar-refractivity contribution in [1.82, 2.24) is 45.3 Å². The fraction of sp³-hybridized carbons (Fsp3) is 0.442. The van der Waals surface area contributed by atoms with Crippen molar-refractivity contribution >= 4 is 96.7 Å². The maximum Gasteiger partial charge on any atom is 0.258 e. The van der Waals surface area contributed by atoms with Crippen LogP contribution in [0.25, 0.3) is 11.0 Å². The predicted molar refractivity (Wildman–Crippen MR) is 288 cm³/mol. The molecule has 0 radical (unpaired) electrons. The number of fused-ring (bicyclic) bond motifs is 2. The zero-order valence-electron chi connectivity index (χ0n) is 43.1. The molecule has 3 saturated heterocycles. The van der Waals surface area contributed by atoms with Gasteiger partial charge in [0.05, 0.1) is 55.3 Å². The van der Waals surface area contributed by atoms with Crippen LogP contribution in [-0.4, -0.2) is 164 Å². The van der Waals surface area contributed by atoms with E-state index in [9.17, 15) is 32.4 Å². The smallest absolute Gasteiger partial charge is 0.258 e. The van der Waals surface area contributed by atoms with Crippen molar-refractivity contribution in [3.8, 4) is 11.5 Å². The fourth-order valence-electron chi connectivity index (χ4n) is 10.2. The SMILES string of the molecule is CCc1cc(Nc2ncc(Cl)c(Nc3ccc4nccnc4c3NS(C)(=O)=O)n2)c(OC)cc1N1CCC(N2CCN(C(=O)CCCOCCNC(=O)COc3cccc4c3CN(C3CCC(=O)NC3=O)C4=O)CC2)CC1. The molecule has 5 aromatic rings. The first-order valence-corrected chi connectivity index (χ1v) is 27.9. The summed E-state index contributed by atoms with van der Waals surface area (Å²) in [4.78, 5) is 88.9. The summed E-state index contributed by atoms with van der Waals surface area (Å²) in [7, 11) is -2.07. The van der Waals surface area contributed by atoms with E-state index in [2.05, 4.69) is 68.7 Å². The monoisotopic (exact) mass is 1100 g/mol. The number of hydrogen-bond donors (Lipinski definition) is 5. The number of nitrogens with one attached hydrogen (secondary N) is 5. The van der Waals surface area contributed by atoms with Crippen molar-refractivity contribution < 1.29 is 46.6 Å². The molecule has 0 spiro atoms. The summed E-state index contributed by atoms with van der Waals surface area (Å²) in [5.41, 5.74) is 5.30. The number of anilines is 6. The number of imide groups is 1. The molecule has 23 nitrogen and oxygen atoms in total. The van der Waals surface area contributed by atoms with Crippen molar-refractivity contribution in [2.24, 2.45) is 0 Å². The van der Waals surface area contributed by atoms with Crippen LogP contribution in [0.1, 0.15) is 66.9 Å². The Kier molecular flexibility index (Phi) is 17.2. The van der Waals surface area contributed by atoms with Crippen molar-refractivity contribution in [3.05, 3.63) is 82.8 Å². The van der Waals surface area contributed by atoms with E-state index in [1.807, 2.05) is 11.0 Å². The Labute approximate surface area is 450 Å². The number of piperazine rings is 1.